The molecule has 0 fully saturated rings. The highest BCUT2D eigenvalue weighted by Crippen LogP contribution is 2.40. The summed E-state index contributed by atoms with van der Waals surface area (Å²) in [6, 6.07) is 0. The second-order valence-electron chi connectivity index (χ2n) is 7.90. The summed E-state index contributed by atoms with van der Waals surface area (Å²) in [5.41, 5.74) is -1.25. The van der Waals surface area contributed by atoms with E-state index in [0.717, 1.165) is 0 Å². The molecule has 0 aliphatic carbocycles. The number of hydrogen-bond acceptors (Lipinski definition) is 3. The molecule has 0 radical (unpaired) electrons. The smallest absolute Gasteiger partial charge is 0.272 e. The highest BCUT2D eigenvalue weighted by Gasteiger charge is 2.48. The molecule has 142 valence electrons. The molecule has 0 aromatic heterocycles. The fourth-order valence-electron chi connectivity index (χ4n) is 2.04. The van der Waals surface area contributed by atoms with Crippen LogP contribution in [0.2, 0.25) is 18.1 Å². The Morgan fingerprint density at radius 1 is 1.29 bits per heavy atom. The Morgan fingerprint density at radius 2 is 1.75 bits per heavy atom. The first-order valence-electron chi connectivity index (χ1n) is 7.85. The van der Waals surface area contributed by atoms with Crippen molar-refractivity contribution in [1.29, 1.82) is 0 Å². The van der Waals surface area contributed by atoms with Crippen LogP contribution in [0.15, 0.2) is 12.7 Å². The summed E-state index contributed by atoms with van der Waals surface area (Å²) in [7, 11) is -2.18. The van der Waals surface area contributed by atoms with E-state index in [1.165, 1.54) is 6.08 Å². The summed E-state index contributed by atoms with van der Waals surface area (Å²) in [6.07, 6.45) is 0.941. The quantitative estimate of drug-likeness (QED) is 0.365. The van der Waals surface area contributed by atoms with Gasteiger partial charge in [-0.2, -0.15) is 0 Å². The van der Waals surface area contributed by atoms with Crippen LogP contribution >= 0.6 is 34.8 Å². The van der Waals surface area contributed by atoms with E-state index in [9.17, 15) is 9.90 Å². The van der Waals surface area contributed by atoms with Crippen LogP contribution in [0.4, 0.5) is 0 Å². The van der Waals surface area contributed by atoms with Crippen molar-refractivity contribution in [1.82, 2.24) is 5.32 Å². The summed E-state index contributed by atoms with van der Waals surface area (Å²) in [5.74, 6) is -0.842. The maximum absolute atomic E-state index is 12.2. The normalized spacial score (nSPS) is 17.3. The molecule has 0 aromatic rings. The van der Waals surface area contributed by atoms with Gasteiger partial charge in [0.25, 0.3) is 9.70 Å². The van der Waals surface area contributed by atoms with Crippen LogP contribution in [0, 0.1) is 5.92 Å². The van der Waals surface area contributed by atoms with E-state index < -0.39 is 36.3 Å². The van der Waals surface area contributed by atoms with Crippen LogP contribution in [0.3, 0.4) is 0 Å². The number of rotatable bonds is 7. The van der Waals surface area contributed by atoms with Gasteiger partial charge in [0, 0.05) is 0 Å². The molecule has 2 atom stereocenters. The predicted molar refractivity (Wildman–Crippen MR) is 105 cm³/mol. The number of nitrogens with one attached hydrogen (secondary N) is 1. The minimum absolute atomic E-state index is 0.0139. The zero-order chi connectivity index (χ0) is 19.6. The summed E-state index contributed by atoms with van der Waals surface area (Å²) in [4.78, 5) is 12.2. The Balaban J connectivity index is 5.86. The van der Waals surface area contributed by atoms with Crippen molar-refractivity contribution in [3.05, 3.63) is 12.7 Å². The molecule has 0 saturated carbocycles. The fourth-order valence-corrected chi connectivity index (χ4v) is 3.66. The van der Waals surface area contributed by atoms with Crippen LogP contribution < -0.4 is 5.32 Å². The second kappa shape index (κ2) is 8.27. The van der Waals surface area contributed by atoms with Crippen LogP contribution in [0.25, 0.3) is 0 Å². The molecular weight excluding hydrogens is 389 g/mol. The number of halogens is 3. The van der Waals surface area contributed by atoms with Gasteiger partial charge in [0.2, 0.25) is 0 Å². The van der Waals surface area contributed by atoms with Gasteiger partial charge in [-0.1, -0.05) is 75.5 Å². The van der Waals surface area contributed by atoms with Crippen molar-refractivity contribution in [3.63, 3.8) is 0 Å². The minimum atomic E-state index is -2.18. The first-order valence-corrected chi connectivity index (χ1v) is 11.9. The molecule has 0 rings (SSSR count). The largest absolute Gasteiger partial charge is 0.411 e. The van der Waals surface area contributed by atoms with Gasteiger partial charge in [0.05, 0.1) is 12.7 Å². The highest BCUT2D eigenvalue weighted by atomic mass is 35.6. The average Bonchev–Trinajstić information content (AvgIpc) is 2.39. The number of amides is 1. The lowest BCUT2D eigenvalue weighted by Crippen LogP contribution is -2.64. The van der Waals surface area contributed by atoms with E-state index in [2.05, 4.69) is 45.8 Å². The Labute approximate surface area is 162 Å². The van der Waals surface area contributed by atoms with Crippen molar-refractivity contribution in [2.75, 3.05) is 6.61 Å². The lowest BCUT2D eigenvalue weighted by atomic mass is 9.86. The van der Waals surface area contributed by atoms with E-state index in [-0.39, 0.29) is 11.0 Å². The number of carbonyl (C=O) groups excluding carboxylic acids is 1. The molecule has 1 amide bonds. The molecule has 4 nitrogen and oxygen atoms in total. The number of carbonyl (C=O) groups is 1. The van der Waals surface area contributed by atoms with Crippen LogP contribution in [-0.4, -0.2) is 41.4 Å². The van der Waals surface area contributed by atoms with Gasteiger partial charge >= 0.3 is 0 Å². The summed E-state index contributed by atoms with van der Waals surface area (Å²) in [5, 5.41) is 12.6. The van der Waals surface area contributed by atoms with E-state index in [1.54, 1.807) is 0 Å². The Hall–Kier alpha value is 0.217. The number of hydrogen-bond donors (Lipinski definition) is 2. The monoisotopic (exact) mass is 417 g/mol. The Kier molecular flexibility index (Phi) is 8.35. The first kappa shape index (κ1) is 24.2. The molecule has 0 saturated heterocycles. The lowest BCUT2D eigenvalue weighted by Gasteiger charge is -2.47. The minimum Gasteiger partial charge on any atom is -0.411 e. The second-order valence-corrected chi connectivity index (χ2v) is 14.9. The molecule has 0 bridgehead atoms. The van der Waals surface area contributed by atoms with Gasteiger partial charge < -0.3 is 14.8 Å². The topological polar surface area (TPSA) is 58.6 Å². The van der Waals surface area contributed by atoms with Crippen molar-refractivity contribution in [2.24, 2.45) is 5.92 Å². The van der Waals surface area contributed by atoms with Crippen molar-refractivity contribution < 1.29 is 14.3 Å². The third-order valence-electron chi connectivity index (χ3n) is 4.57. The van der Waals surface area contributed by atoms with Crippen LogP contribution in [0.1, 0.15) is 34.6 Å². The van der Waals surface area contributed by atoms with Gasteiger partial charge in [-0.3, -0.25) is 4.79 Å². The average molecular weight is 419 g/mol. The van der Waals surface area contributed by atoms with E-state index in [1.807, 2.05) is 13.8 Å². The molecule has 2 N–H and O–H groups in total. The van der Waals surface area contributed by atoms with E-state index in [4.69, 9.17) is 39.2 Å². The fraction of sp³-hybridized carbons (Fsp3) is 0.812. The summed E-state index contributed by atoms with van der Waals surface area (Å²) >= 11 is 17.0. The number of alkyl halides is 3. The molecule has 8 heteroatoms. The molecule has 0 unspecified atom stereocenters. The van der Waals surface area contributed by atoms with Gasteiger partial charge in [-0.15, -0.1) is 6.58 Å². The molecule has 0 heterocycles. The van der Waals surface area contributed by atoms with Crippen LogP contribution in [0.5, 0.6) is 0 Å². The molecule has 0 aromatic carbocycles. The van der Waals surface area contributed by atoms with E-state index >= 15 is 0 Å². The molecule has 24 heavy (non-hydrogen) atoms. The molecular formula is C16H30Cl3NO3Si. The van der Waals surface area contributed by atoms with Crippen molar-refractivity contribution in [3.8, 4) is 0 Å². The zero-order valence-electron chi connectivity index (χ0n) is 15.5. The highest BCUT2D eigenvalue weighted by molar-refractivity contribution is 6.76. The predicted octanol–water partition coefficient (Wildman–Crippen LogP) is 4.44. The SMILES string of the molecule is C=C[C@@](CO)(NC(=O)C(Cl)(Cl)Cl)[C@@H](O[Si](C)(C)C(C)(C)C)C(C)C. The third-order valence-corrected chi connectivity index (χ3v) is 9.54. The first-order chi connectivity index (χ1) is 10.5. The Bertz CT molecular complexity index is 458. The molecule has 0 aliphatic rings. The summed E-state index contributed by atoms with van der Waals surface area (Å²) in [6.45, 7) is 17.8. The molecule has 0 spiro atoms. The third kappa shape index (κ3) is 5.89. The molecule has 0 aliphatic heterocycles. The van der Waals surface area contributed by atoms with Gasteiger partial charge in [-0.05, 0) is 24.1 Å². The number of aliphatic hydroxyl groups is 1. The zero-order valence-corrected chi connectivity index (χ0v) is 18.8. The van der Waals surface area contributed by atoms with E-state index in [0.29, 0.717) is 0 Å². The van der Waals surface area contributed by atoms with Crippen molar-refractivity contribution >= 4 is 49.0 Å². The van der Waals surface area contributed by atoms with Crippen LogP contribution in [-0.2, 0) is 9.22 Å². The maximum Gasteiger partial charge on any atom is 0.272 e. The van der Waals surface area contributed by atoms with Crippen molar-refractivity contribution in [2.45, 2.75) is 68.2 Å². The van der Waals surface area contributed by atoms with Gasteiger partial charge in [0.1, 0.15) is 5.54 Å². The maximum atomic E-state index is 12.2. The number of aliphatic hydroxyl groups excluding tert-OH is 1. The lowest BCUT2D eigenvalue weighted by molar-refractivity contribution is -0.124. The summed E-state index contributed by atoms with van der Waals surface area (Å²) < 4.78 is 4.35. The van der Waals surface area contributed by atoms with Gasteiger partial charge in [-0.25, -0.2) is 0 Å². The standard InChI is InChI=1S/C16H30Cl3NO3Si/c1-9-15(10-21,20-13(22)16(17,18)19)12(11(2)3)23-24(7,8)14(4,5)6/h9,11-12,21H,1,10H2,2-8H3,(H,20,22)/t12-,15-/m0/s1. The van der Waals surface area contributed by atoms with Gasteiger partial charge in [0.15, 0.2) is 8.32 Å². The Morgan fingerprint density at radius 3 is 2.00 bits per heavy atom.